The zero-order valence-electron chi connectivity index (χ0n) is 9.72. The highest BCUT2D eigenvalue weighted by atomic mass is 16.5. The molecular formula is C12H25NO. The van der Waals surface area contributed by atoms with Gasteiger partial charge in [0.2, 0.25) is 0 Å². The normalized spacial score (nSPS) is 24.0. The number of rotatable bonds is 7. The van der Waals surface area contributed by atoms with Crippen LogP contribution >= 0.6 is 0 Å². The summed E-state index contributed by atoms with van der Waals surface area (Å²) in [5.41, 5.74) is 0. The monoisotopic (exact) mass is 199 g/mol. The first kappa shape index (κ1) is 12.0. The molecule has 2 nitrogen and oxygen atoms in total. The van der Waals surface area contributed by atoms with Crippen LogP contribution in [0.15, 0.2) is 0 Å². The highest BCUT2D eigenvalue weighted by molar-refractivity contribution is 4.66. The molecular weight excluding hydrogens is 174 g/mol. The SMILES string of the molecule is CCNCC(C)CCCC1CCCO1. The first-order valence-electron chi connectivity index (χ1n) is 6.15. The number of nitrogens with one attached hydrogen (secondary N) is 1. The predicted molar refractivity (Wildman–Crippen MR) is 60.5 cm³/mol. The maximum absolute atomic E-state index is 5.60. The summed E-state index contributed by atoms with van der Waals surface area (Å²) in [6.07, 6.45) is 7.10. The van der Waals surface area contributed by atoms with Crippen molar-refractivity contribution in [3.8, 4) is 0 Å². The molecule has 0 radical (unpaired) electrons. The Balaban J connectivity index is 1.91. The lowest BCUT2D eigenvalue weighted by molar-refractivity contribution is 0.101. The van der Waals surface area contributed by atoms with E-state index < -0.39 is 0 Å². The van der Waals surface area contributed by atoms with Crippen molar-refractivity contribution in [2.45, 2.75) is 52.1 Å². The molecule has 2 heteroatoms. The molecule has 0 spiro atoms. The topological polar surface area (TPSA) is 21.3 Å². The molecule has 1 heterocycles. The van der Waals surface area contributed by atoms with E-state index in [9.17, 15) is 0 Å². The Morgan fingerprint density at radius 3 is 3.00 bits per heavy atom. The van der Waals surface area contributed by atoms with E-state index in [4.69, 9.17) is 4.74 Å². The maximum atomic E-state index is 5.60. The predicted octanol–water partition coefficient (Wildman–Crippen LogP) is 2.58. The van der Waals surface area contributed by atoms with E-state index in [1.54, 1.807) is 0 Å². The van der Waals surface area contributed by atoms with Gasteiger partial charge in [-0.15, -0.1) is 0 Å². The van der Waals surface area contributed by atoms with Crippen LogP contribution in [0.5, 0.6) is 0 Å². The van der Waals surface area contributed by atoms with Gasteiger partial charge in [0.05, 0.1) is 6.10 Å². The molecule has 84 valence electrons. The van der Waals surface area contributed by atoms with Gasteiger partial charge in [-0.1, -0.05) is 20.3 Å². The van der Waals surface area contributed by atoms with Crippen molar-refractivity contribution in [3.05, 3.63) is 0 Å². The average Bonchev–Trinajstić information content (AvgIpc) is 2.67. The van der Waals surface area contributed by atoms with Crippen LogP contribution in [0.25, 0.3) is 0 Å². The van der Waals surface area contributed by atoms with Gasteiger partial charge in [-0.25, -0.2) is 0 Å². The van der Waals surface area contributed by atoms with Crippen molar-refractivity contribution in [2.75, 3.05) is 19.7 Å². The van der Waals surface area contributed by atoms with Crippen LogP contribution in [0.3, 0.4) is 0 Å². The van der Waals surface area contributed by atoms with E-state index in [-0.39, 0.29) is 0 Å². The molecule has 0 aromatic heterocycles. The average molecular weight is 199 g/mol. The number of ether oxygens (including phenoxy) is 1. The Kier molecular flexibility index (Phi) is 6.20. The molecule has 1 aliphatic rings. The molecule has 0 aliphatic carbocycles. The van der Waals surface area contributed by atoms with E-state index in [1.807, 2.05) is 0 Å². The highest BCUT2D eigenvalue weighted by Gasteiger charge is 2.14. The Bertz CT molecular complexity index is 132. The van der Waals surface area contributed by atoms with Crippen LogP contribution in [0.2, 0.25) is 0 Å². The van der Waals surface area contributed by atoms with Gasteiger partial charge >= 0.3 is 0 Å². The van der Waals surface area contributed by atoms with Gasteiger partial charge < -0.3 is 10.1 Å². The second-order valence-electron chi connectivity index (χ2n) is 4.48. The van der Waals surface area contributed by atoms with Crippen molar-refractivity contribution < 1.29 is 4.74 Å². The van der Waals surface area contributed by atoms with Gasteiger partial charge in [0.15, 0.2) is 0 Å². The minimum Gasteiger partial charge on any atom is -0.378 e. The molecule has 0 bridgehead atoms. The van der Waals surface area contributed by atoms with Crippen LogP contribution in [0.1, 0.15) is 46.0 Å². The molecule has 1 saturated heterocycles. The second-order valence-corrected chi connectivity index (χ2v) is 4.48. The third-order valence-electron chi connectivity index (χ3n) is 2.99. The van der Waals surface area contributed by atoms with E-state index in [1.165, 1.54) is 38.6 Å². The van der Waals surface area contributed by atoms with Crippen LogP contribution in [0, 0.1) is 5.92 Å². The smallest absolute Gasteiger partial charge is 0.0576 e. The first-order valence-corrected chi connectivity index (χ1v) is 6.15. The van der Waals surface area contributed by atoms with Gasteiger partial charge in [-0.3, -0.25) is 0 Å². The minimum absolute atomic E-state index is 0.585. The van der Waals surface area contributed by atoms with E-state index in [2.05, 4.69) is 19.2 Å². The fourth-order valence-corrected chi connectivity index (χ4v) is 2.06. The molecule has 1 rings (SSSR count). The van der Waals surface area contributed by atoms with Crippen LogP contribution in [-0.4, -0.2) is 25.8 Å². The summed E-state index contributed by atoms with van der Waals surface area (Å²) in [5, 5.41) is 3.40. The highest BCUT2D eigenvalue weighted by Crippen LogP contribution is 2.19. The fourth-order valence-electron chi connectivity index (χ4n) is 2.06. The first-order chi connectivity index (χ1) is 6.83. The molecule has 2 unspecified atom stereocenters. The largest absolute Gasteiger partial charge is 0.378 e. The lowest BCUT2D eigenvalue weighted by Crippen LogP contribution is -2.20. The summed E-state index contributed by atoms with van der Waals surface area (Å²) in [6, 6.07) is 0. The van der Waals surface area contributed by atoms with E-state index >= 15 is 0 Å². The molecule has 0 aromatic carbocycles. The van der Waals surface area contributed by atoms with Crippen LogP contribution in [-0.2, 0) is 4.74 Å². The van der Waals surface area contributed by atoms with E-state index in [0.717, 1.165) is 19.1 Å². The number of hydrogen-bond acceptors (Lipinski definition) is 2. The molecule has 0 saturated carbocycles. The Morgan fingerprint density at radius 2 is 2.36 bits per heavy atom. The summed E-state index contributed by atoms with van der Waals surface area (Å²) in [5.74, 6) is 0.816. The molecule has 1 N–H and O–H groups in total. The molecule has 1 fully saturated rings. The maximum Gasteiger partial charge on any atom is 0.0576 e. The molecule has 0 aromatic rings. The summed E-state index contributed by atoms with van der Waals surface area (Å²) in [4.78, 5) is 0. The number of hydrogen-bond donors (Lipinski definition) is 1. The summed E-state index contributed by atoms with van der Waals surface area (Å²) < 4.78 is 5.60. The minimum atomic E-state index is 0.585. The van der Waals surface area contributed by atoms with Crippen LogP contribution in [0.4, 0.5) is 0 Å². The Morgan fingerprint density at radius 1 is 1.50 bits per heavy atom. The Hall–Kier alpha value is -0.0800. The third-order valence-corrected chi connectivity index (χ3v) is 2.99. The summed E-state index contributed by atoms with van der Waals surface area (Å²) in [6.45, 7) is 7.76. The lowest BCUT2D eigenvalue weighted by atomic mass is 10.0. The second kappa shape index (κ2) is 7.24. The van der Waals surface area contributed by atoms with Crippen LogP contribution < -0.4 is 5.32 Å². The van der Waals surface area contributed by atoms with Gasteiger partial charge in [0.25, 0.3) is 0 Å². The van der Waals surface area contributed by atoms with Gasteiger partial charge in [-0.2, -0.15) is 0 Å². The summed E-state index contributed by atoms with van der Waals surface area (Å²) >= 11 is 0. The quantitative estimate of drug-likeness (QED) is 0.680. The zero-order chi connectivity index (χ0) is 10.2. The van der Waals surface area contributed by atoms with Gasteiger partial charge in [0, 0.05) is 6.61 Å². The van der Waals surface area contributed by atoms with Gasteiger partial charge in [0.1, 0.15) is 0 Å². The van der Waals surface area contributed by atoms with Crippen molar-refractivity contribution >= 4 is 0 Å². The molecule has 14 heavy (non-hydrogen) atoms. The molecule has 2 atom stereocenters. The Labute approximate surface area is 88.4 Å². The van der Waals surface area contributed by atoms with Crippen molar-refractivity contribution in [1.29, 1.82) is 0 Å². The zero-order valence-corrected chi connectivity index (χ0v) is 9.72. The van der Waals surface area contributed by atoms with Crippen molar-refractivity contribution in [3.63, 3.8) is 0 Å². The van der Waals surface area contributed by atoms with Crippen molar-refractivity contribution in [1.82, 2.24) is 5.32 Å². The third kappa shape index (κ3) is 4.97. The summed E-state index contributed by atoms with van der Waals surface area (Å²) in [7, 11) is 0. The fraction of sp³-hybridized carbons (Fsp3) is 1.00. The molecule has 0 amide bonds. The lowest BCUT2D eigenvalue weighted by Gasteiger charge is -2.13. The van der Waals surface area contributed by atoms with Gasteiger partial charge in [-0.05, 0) is 44.7 Å². The molecule has 1 aliphatic heterocycles. The van der Waals surface area contributed by atoms with E-state index in [0.29, 0.717) is 6.10 Å². The van der Waals surface area contributed by atoms with Crippen molar-refractivity contribution in [2.24, 2.45) is 5.92 Å². The standard InChI is InChI=1S/C12H25NO/c1-3-13-10-11(2)6-4-7-12-8-5-9-14-12/h11-13H,3-10H2,1-2H3.